The first-order chi connectivity index (χ1) is 12.5. The fourth-order valence-electron chi connectivity index (χ4n) is 3.15. The summed E-state index contributed by atoms with van der Waals surface area (Å²) < 4.78 is 29.0. The molecule has 0 aliphatic carbocycles. The van der Waals surface area contributed by atoms with E-state index in [1.54, 1.807) is 36.8 Å². The maximum absolute atomic E-state index is 12.9. The third kappa shape index (κ3) is 4.13. The number of carbonyl (C=O) groups is 1. The molecule has 0 saturated carbocycles. The number of carbonyl (C=O) groups excluding carboxylic acids is 1. The molecule has 3 rings (SSSR count). The van der Waals surface area contributed by atoms with Crippen LogP contribution in [0.3, 0.4) is 0 Å². The van der Waals surface area contributed by atoms with E-state index in [0.717, 1.165) is 18.5 Å². The monoisotopic (exact) mass is 376 g/mol. The third-order valence-electron chi connectivity index (χ3n) is 4.59. The lowest BCUT2D eigenvalue weighted by Gasteiger charge is -2.23. The smallest absolute Gasteiger partial charge is 0.243 e. The lowest BCUT2D eigenvalue weighted by Crippen LogP contribution is -2.46. The van der Waals surface area contributed by atoms with Gasteiger partial charge in [-0.3, -0.25) is 4.79 Å². The van der Waals surface area contributed by atoms with Gasteiger partial charge >= 0.3 is 0 Å². The minimum atomic E-state index is -3.66. The topological polar surface area (TPSA) is 84.3 Å². The van der Waals surface area contributed by atoms with Gasteiger partial charge in [0.1, 0.15) is 6.04 Å². The predicted molar refractivity (Wildman–Crippen MR) is 97.9 cm³/mol. The first-order valence-electron chi connectivity index (χ1n) is 8.80. The molecular formula is C18H24N4O3S. The molecule has 1 N–H and O–H groups in total. The minimum Gasteiger partial charge on any atom is -0.355 e. The largest absolute Gasteiger partial charge is 0.355 e. The zero-order valence-corrected chi connectivity index (χ0v) is 15.7. The average Bonchev–Trinajstić information content (AvgIpc) is 3.30. The van der Waals surface area contributed by atoms with Crippen molar-refractivity contribution in [1.82, 2.24) is 19.2 Å². The molecule has 1 aromatic heterocycles. The molecule has 1 unspecified atom stereocenters. The van der Waals surface area contributed by atoms with Crippen molar-refractivity contribution in [2.75, 3.05) is 13.1 Å². The Morgan fingerprint density at radius 2 is 2.08 bits per heavy atom. The molecule has 0 bridgehead atoms. The maximum atomic E-state index is 12.9. The second-order valence-corrected chi connectivity index (χ2v) is 8.42. The van der Waals surface area contributed by atoms with Gasteiger partial charge in [0.2, 0.25) is 15.9 Å². The molecule has 1 aliphatic rings. The molecule has 1 fully saturated rings. The number of hydrogen-bond donors (Lipinski definition) is 1. The summed E-state index contributed by atoms with van der Waals surface area (Å²) in [6.45, 7) is 3.55. The van der Waals surface area contributed by atoms with Crippen LogP contribution in [0.5, 0.6) is 0 Å². The van der Waals surface area contributed by atoms with Crippen LogP contribution in [0.25, 0.3) is 0 Å². The molecule has 0 radical (unpaired) electrons. The van der Waals surface area contributed by atoms with E-state index in [9.17, 15) is 13.2 Å². The first kappa shape index (κ1) is 18.6. The second-order valence-electron chi connectivity index (χ2n) is 6.53. The van der Waals surface area contributed by atoms with E-state index in [0.29, 0.717) is 25.9 Å². The Kier molecular flexibility index (Phi) is 5.73. The second kappa shape index (κ2) is 8.01. The molecule has 1 aliphatic heterocycles. The van der Waals surface area contributed by atoms with E-state index in [1.165, 1.54) is 4.31 Å². The van der Waals surface area contributed by atoms with E-state index in [-0.39, 0.29) is 10.8 Å². The van der Waals surface area contributed by atoms with Gasteiger partial charge in [-0.05, 0) is 38.3 Å². The number of rotatable bonds is 7. The van der Waals surface area contributed by atoms with Crippen LogP contribution in [0.1, 0.15) is 24.8 Å². The van der Waals surface area contributed by atoms with Crippen molar-refractivity contribution in [3.8, 4) is 0 Å². The van der Waals surface area contributed by atoms with Crippen LogP contribution in [-0.2, 0) is 21.4 Å². The van der Waals surface area contributed by atoms with Crippen LogP contribution in [0, 0.1) is 6.92 Å². The zero-order chi connectivity index (χ0) is 18.6. The van der Waals surface area contributed by atoms with Crippen molar-refractivity contribution in [2.24, 2.45) is 0 Å². The summed E-state index contributed by atoms with van der Waals surface area (Å²) in [6, 6.07) is 6.11. The number of nitrogens with zero attached hydrogens (tertiary/aromatic N) is 3. The van der Waals surface area contributed by atoms with Gasteiger partial charge in [0.05, 0.1) is 11.2 Å². The number of sulfonamides is 1. The Morgan fingerprint density at radius 1 is 1.31 bits per heavy atom. The lowest BCUT2D eigenvalue weighted by atomic mass is 10.2. The Bertz CT molecular complexity index is 832. The Morgan fingerprint density at radius 3 is 2.77 bits per heavy atom. The molecule has 26 heavy (non-hydrogen) atoms. The van der Waals surface area contributed by atoms with Gasteiger partial charge in [0.15, 0.2) is 0 Å². The highest BCUT2D eigenvalue weighted by Gasteiger charge is 2.39. The molecule has 8 heteroatoms. The molecule has 7 nitrogen and oxygen atoms in total. The van der Waals surface area contributed by atoms with Crippen LogP contribution >= 0.6 is 0 Å². The van der Waals surface area contributed by atoms with Gasteiger partial charge < -0.3 is 9.88 Å². The van der Waals surface area contributed by atoms with Crippen molar-refractivity contribution >= 4 is 15.9 Å². The van der Waals surface area contributed by atoms with E-state index in [1.807, 2.05) is 17.7 Å². The highest BCUT2D eigenvalue weighted by Crippen LogP contribution is 2.26. The summed E-state index contributed by atoms with van der Waals surface area (Å²) in [5.74, 6) is -0.219. The van der Waals surface area contributed by atoms with E-state index in [4.69, 9.17) is 0 Å². The fraction of sp³-hybridized carbons (Fsp3) is 0.444. The molecule has 1 aromatic carbocycles. The maximum Gasteiger partial charge on any atom is 0.243 e. The average molecular weight is 376 g/mol. The summed E-state index contributed by atoms with van der Waals surface area (Å²) in [7, 11) is -3.66. The number of aryl methyl sites for hydroxylation is 2. The molecule has 1 saturated heterocycles. The Labute approximate surface area is 154 Å². The normalized spacial score (nSPS) is 18.1. The molecule has 0 spiro atoms. The van der Waals surface area contributed by atoms with Crippen LogP contribution in [0.2, 0.25) is 0 Å². The minimum absolute atomic E-state index is 0.219. The van der Waals surface area contributed by atoms with E-state index in [2.05, 4.69) is 10.3 Å². The standard InChI is InChI=1S/C18H24N4O3S/c1-15-5-7-16(8-6-15)26(24,25)22-12-2-4-17(22)18(23)20-9-3-11-21-13-10-19-14-21/h5-8,10,13-14,17H,2-4,9,11-12H2,1H3,(H,20,23). The van der Waals surface area contributed by atoms with Gasteiger partial charge in [-0.15, -0.1) is 0 Å². The number of hydrogen-bond acceptors (Lipinski definition) is 4. The van der Waals surface area contributed by atoms with Crippen molar-refractivity contribution in [3.05, 3.63) is 48.5 Å². The van der Waals surface area contributed by atoms with Crippen molar-refractivity contribution < 1.29 is 13.2 Å². The molecule has 140 valence electrons. The van der Waals surface area contributed by atoms with Gasteiger partial charge in [0.25, 0.3) is 0 Å². The first-order valence-corrected chi connectivity index (χ1v) is 10.2. The van der Waals surface area contributed by atoms with Gasteiger partial charge in [0, 0.05) is 32.0 Å². The number of imidazole rings is 1. The van der Waals surface area contributed by atoms with Crippen LogP contribution < -0.4 is 5.32 Å². The third-order valence-corrected chi connectivity index (χ3v) is 6.51. The Hall–Kier alpha value is -2.19. The highest BCUT2D eigenvalue weighted by atomic mass is 32.2. The SMILES string of the molecule is Cc1ccc(S(=O)(=O)N2CCCC2C(=O)NCCCn2ccnc2)cc1. The number of nitrogens with one attached hydrogen (secondary N) is 1. The van der Waals surface area contributed by atoms with Gasteiger partial charge in [-0.1, -0.05) is 17.7 Å². The summed E-state index contributed by atoms with van der Waals surface area (Å²) in [6.07, 6.45) is 7.32. The van der Waals surface area contributed by atoms with Crippen LogP contribution in [-0.4, -0.2) is 47.3 Å². The van der Waals surface area contributed by atoms with E-state index >= 15 is 0 Å². The highest BCUT2D eigenvalue weighted by molar-refractivity contribution is 7.89. The van der Waals surface area contributed by atoms with Crippen LogP contribution in [0.4, 0.5) is 0 Å². The summed E-state index contributed by atoms with van der Waals surface area (Å²) >= 11 is 0. The van der Waals surface area contributed by atoms with Gasteiger partial charge in [-0.2, -0.15) is 4.31 Å². The molecule has 1 atom stereocenters. The quantitative estimate of drug-likeness (QED) is 0.743. The Balaban J connectivity index is 1.59. The summed E-state index contributed by atoms with van der Waals surface area (Å²) in [4.78, 5) is 16.7. The van der Waals surface area contributed by atoms with Crippen molar-refractivity contribution in [3.63, 3.8) is 0 Å². The molecule has 1 amide bonds. The number of aromatic nitrogens is 2. The summed E-state index contributed by atoms with van der Waals surface area (Å²) in [5.41, 5.74) is 0.998. The molecule has 2 aromatic rings. The van der Waals surface area contributed by atoms with Crippen molar-refractivity contribution in [2.45, 2.75) is 43.7 Å². The zero-order valence-electron chi connectivity index (χ0n) is 14.8. The predicted octanol–water partition coefficient (Wildman–Crippen LogP) is 1.55. The summed E-state index contributed by atoms with van der Waals surface area (Å²) in [5, 5.41) is 2.87. The number of amides is 1. The van der Waals surface area contributed by atoms with Gasteiger partial charge in [-0.25, -0.2) is 13.4 Å². The van der Waals surface area contributed by atoms with Crippen LogP contribution in [0.15, 0.2) is 47.9 Å². The number of benzene rings is 1. The lowest BCUT2D eigenvalue weighted by molar-refractivity contribution is -0.124. The molecule has 2 heterocycles. The molecular weight excluding hydrogens is 352 g/mol. The van der Waals surface area contributed by atoms with E-state index < -0.39 is 16.1 Å². The van der Waals surface area contributed by atoms with Crippen molar-refractivity contribution in [1.29, 1.82) is 0 Å². The fourth-order valence-corrected chi connectivity index (χ4v) is 4.80.